The number of carbonyl (C=O) groups excluding carboxylic acids is 1. The van der Waals surface area contributed by atoms with Gasteiger partial charge in [-0.2, -0.15) is 16.1 Å². The molecule has 0 radical (unpaired) electrons. The van der Waals surface area contributed by atoms with Crippen molar-refractivity contribution < 1.29 is 13.2 Å². The van der Waals surface area contributed by atoms with E-state index >= 15 is 0 Å². The molecule has 0 saturated carbocycles. The SMILES string of the molecule is Cc1ccc(CN(CC(=O)NCCSCc2ccccc2)S(C)(=O)=O)cc1. The van der Waals surface area contributed by atoms with Crippen molar-refractivity contribution in [2.75, 3.05) is 25.1 Å². The lowest BCUT2D eigenvalue weighted by molar-refractivity contribution is -0.121. The number of hydrogen-bond acceptors (Lipinski definition) is 4. The summed E-state index contributed by atoms with van der Waals surface area (Å²) < 4.78 is 25.2. The van der Waals surface area contributed by atoms with E-state index in [4.69, 9.17) is 0 Å². The van der Waals surface area contributed by atoms with E-state index in [1.54, 1.807) is 11.8 Å². The zero-order valence-electron chi connectivity index (χ0n) is 15.7. The highest BCUT2D eigenvalue weighted by molar-refractivity contribution is 7.98. The Hall–Kier alpha value is -1.83. The molecule has 2 aromatic carbocycles. The highest BCUT2D eigenvalue weighted by Crippen LogP contribution is 2.11. The fourth-order valence-electron chi connectivity index (χ4n) is 2.43. The second-order valence-corrected chi connectivity index (χ2v) is 9.49. The average Bonchev–Trinajstić information content (AvgIpc) is 2.63. The number of sulfonamides is 1. The Morgan fingerprint density at radius 3 is 2.33 bits per heavy atom. The molecule has 1 N–H and O–H groups in total. The number of nitrogens with zero attached hydrogens (tertiary/aromatic N) is 1. The van der Waals surface area contributed by atoms with E-state index in [-0.39, 0.29) is 19.0 Å². The van der Waals surface area contributed by atoms with Crippen molar-refractivity contribution in [2.24, 2.45) is 0 Å². The van der Waals surface area contributed by atoms with Crippen LogP contribution in [0.3, 0.4) is 0 Å². The predicted molar refractivity (Wildman–Crippen MR) is 112 cm³/mol. The molecular formula is C20H26N2O3S2. The van der Waals surface area contributed by atoms with Crippen molar-refractivity contribution >= 4 is 27.7 Å². The van der Waals surface area contributed by atoms with Gasteiger partial charge in [-0.05, 0) is 18.1 Å². The van der Waals surface area contributed by atoms with E-state index in [2.05, 4.69) is 17.4 Å². The lowest BCUT2D eigenvalue weighted by Crippen LogP contribution is -2.40. The van der Waals surface area contributed by atoms with Gasteiger partial charge in [0.05, 0.1) is 12.8 Å². The standard InChI is InChI=1S/C20H26N2O3S2/c1-17-8-10-18(11-9-17)14-22(27(2,24)25)15-20(23)21-12-13-26-16-19-6-4-3-5-7-19/h3-11H,12-16H2,1-2H3,(H,21,23). The second-order valence-electron chi connectivity index (χ2n) is 6.40. The molecule has 0 spiro atoms. The first-order chi connectivity index (χ1) is 12.8. The Kier molecular flexibility index (Phi) is 8.34. The molecule has 2 aromatic rings. The maximum Gasteiger partial charge on any atom is 0.235 e. The topological polar surface area (TPSA) is 66.5 Å². The van der Waals surface area contributed by atoms with Gasteiger partial charge in [-0.25, -0.2) is 8.42 Å². The molecule has 7 heteroatoms. The summed E-state index contributed by atoms with van der Waals surface area (Å²) in [5.41, 5.74) is 3.21. The summed E-state index contributed by atoms with van der Waals surface area (Å²) in [5, 5.41) is 2.80. The Labute approximate surface area is 166 Å². The molecular weight excluding hydrogens is 380 g/mol. The van der Waals surface area contributed by atoms with Crippen molar-refractivity contribution in [3.63, 3.8) is 0 Å². The van der Waals surface area contributed by atoms with Gasteiger partial charge in [0, 0.05) is 24.6 Å². The molecule has 0 fully saturated rings. The number of benzene rings is 2. The van der Waals surface area contributed by atoms with Crippen LogP contribution in [0.15, 0.2) is 54.6 Å². The van der Waals surface area contributed by atoms with Crippen LogP contribution < -0.4 is 5.32 Å². The summed E-state index contributed by atoms with van der Waals surface area (Å²) in [5.74, 6) is 1.38. The fourth-order valence-corrected chi connectivity index (χ4v) is 3.98. The first-order valence-corrected chi connectivity index (χ1v) is 11.7. The number of carbonyl (C=O) groups is 1. The molecule has 0 aliphatic heterocycles. The number of amides is 1. The van der Waals surface area contributed by atoms with Crippen molar-refractivity contribution in [3.05, 3.63) is 71.3 Å². The molecule has 0 bridgehead atoms. The first kappa shape index (κ1) is 21.5. The summed E-state index contributed by atoms with van der Waals surface area (Å²) in [6.45, 7) is 2.51. The Morgan fingerprint density at radius 1 is 1.04 bits per heavy atom. The minimum Gasteiger partial charge on any atom is -0.354 e. The Balaban J connectivity index is 1.77. The highest BCUT2D eigenvalue weighted by atomic mass is 32.2. The molecule has 2 rings (SSSR count). The van der Waals surface area contributed by atoms with E-state index in [1.807, 2.05) is 49.4 Å². The van der Waals surface area contributed by atoms with Gasteiger partial charge in [0.25, 0.3) is 0 Å². The number of thioether (sulfide) groups is 1. The van der Waals surface area contributed by atoms with Gasteiger partial charge >= 0.3 is 0 Å². The van der Waals surface area contributed by atoms with Crippen LogP contribution in [0.25, 0.3) is 0 Å². The van der Waals surface area contributed by atoms with Crippen molar-refractivity contribution in [1.82, 2.24) is 9.62 Å². The van der Waals surface area contributed by atoms with E-state index < -0.39 is 10.0 Å². The Bertz CT molecular complexity index is 822. The van der Waals surface area contributed by atoms with Crippen LogP contribution in [-0.4, -0.2) is 43.7 Å². The molecule has 0 aromatic heterocycles. The zero-order valence-corrected chi connectivity index (χ0v) is 17.4. The molecule has 0 atom stereocenters. The highest BCUT2D eigenvalue weighted by Gasteiger charge is 2.20. The van der Waals surface area contributed by atoms with Gasteiger partial charge < -0.3 is 5.32 Å². The van der Waals surface area contributed by atoms with Crippen LogP contribution in [0.4, 0.5) is 0 Å². The van der Waals surface area contributed by atoms with Gasteiger partial charge in [0.1, 0.15) is 0 Å². The first-order valence-electron chi connectivity index (χ1n) is 8.73. The average molecular weight is 407 g/mol. The minimum absolute atomic E-state index is 0.171. The maximum absolute atomic E-state index is 12.2. The summed E-state index contributed by atoms with van der Waals surface area (Å²) in [7, 11) is -3.47. The van der Waals surface area contributed by atoms with E-state index in [9.17, 15) is 13.2 Å². The monoisotopic (exact) mass is 406 g/mol. The van der Waals surface area contributed by atoms with Gasteiger partial charge in [-0.15, -0.1) is 0 Å². The van der Waals surface area contributed by atoms with Crippen LogP contribution in [0.2, 0.25) is 0 Å². The summed E-state index contributed by atoms with van der Waals surface area (Å²) in [6.07, 6.45) is 1.13. The number of rotatable bonds is 10. The Morgan fingerprint density at radius 2 is 1.70 bits per heavy atom. The molecule has 1 amide bonds. The normalized spacial score (nSPS) is 11.5. The van der Waals surface area contributed by atoms with Gasteiger partial charge in [0.2, 0.25) is 15.9 Å². The van der Waals surface area contributed by atoms with Crippen LogP contribution in [0.1, 0.15) is 16.7 Å². The van der Waals surface area contributed by atoms with E-state index in [1.165, 1.54) is 9.87 Å². The van der Waals surface area contributed by atoms with Gasteiger partial charge in [0.15, 0.2) is 0 Å². The van der Waals surface area contributed by atoms with E-state index in [0.29, 0.717) is 6.54 Å². The molecule has 0 saturated heterocycles. The van der Waals surface area contributed by atoms with Gasteiger partial charge in [-0.3, -0.25) is 4.79 Å². The summed E-state index contributed by atoms with van der Waals surface area (Å²) in [6, 6.07) is 17.8. The van der Waals surface area contributed by atoms with Crippen LogP contribution >= 0.6 is 11.8 Å². The third kappa shape index (κ3) is 8.15. The maximum atomic E-state index is 12.2. The molecule has 27 heavy (non-hydrogen) atoms. The lowest BCUT2D eigenvalue weighted by atomic mass is 10.1. The largest absolute Gasteiger partial charge is 0.354 e. The predicted octanol–water partition coefficient (Wildman–Crippen LogP) is 2.81. The third-order valence-corrected chi connectivity index (χ3v) is 6.18. The van der Waals surface area contributed by atoms with E-state index in [0.717, 1.165) is 28.9 Å². The fraction of sp³-hybridized carbons (Fsp3) is 0.350. The zero-order chi connectivity index (χ0) is 19.7. The summed E-state index contributed by atoms with van der Waals surface area (Å²) >= 11 is 1.73. The molecule has 146 valence electrons. The van der Waals surface area contributed by atoms with Crippen molar-refractivity contribution in [2.45, 2.75) is 19.2 Å². The van der Waals surface area contributed by atoms with Crippen molar-refractivity contribution in [3.8, 4) is 0 Å². The van der Waals surface area contributed by atoms with Crippen molar-refractivity contribution in [1.29, 1.82) is 0 Å². The molecule has 0 aliphatic carbocycles. The summed E-state index contributed by atoms with van der Waals surface area (Å²) in [4.78, 5) is 12.2. The number of hydrogen-bond donors (Lipinski definition) is 1. The van der Waals surface area contributed by atoms with Crippen LogP contribution in [0, 0.1) is 6.92 Å². The third-order valence-electron chi connectivity index (χ3n) is 3.95. The molecule has 0 aliphatic rings. The quantitative estimate of drug-likeness (QED) is 0.616. The minimum atomic E-state index is -3.47. The smallest absolute Gasteiger partial charge is 0.235 e. The molecule has 0 unspecified atom stereocenters. The molecule has 5 nitrogen and oxygen atoms in total. The number of nitrogens with one attached hydrogen (secondary N) is 1. The lowest BCUT2D eigenvalue weighted by Gasteiger charge is -2.19. The second kappa shape index (κ2) is 10.5. The van der Waals surface area contributed by atoms with Crippen LogP contribution in [0.5, 0.6) is 0 Å². The van der Waals surface area contributed by atoms with Gasteiger partial charge in [-0.1, -0.05) is 60.2 Å². The number of aryl methyl sites for hydroxylation is 1. The molecule has 0 heterocycles. The van der Waals surface area contributed by atoms with Crippen LogP contribution in [-0.2, 0) is 27.1 Å².